The number of amides is 1. The average Bonchev–Trinajstić information content (AvgIpc) is 3.34. The van der Waals surface area contributed by atoms with Gasteiger partial charge < -0.3 is 19.4 Å². The molecule has 1 N–H and O–H groups in total. The number of methoxy groups -OCH3 is 2. The molecule has 1 amide bonds. The van der Waals surface area contributed by atoms with Crippen LogP contribution in [0.1, 0.15) is 25.8 Å². The number of anilines is 1. The van der Waals surface area contributed by atoms with Gasteiger partial charge in [0.2, 0.25) is 5.91 Å². The van der Waals surface area contributed by atoms with Crippen molar-refractivity contribution in [3.63, 3.8) is 0 Å². The lowest BCUT2D eigenvalue weighted by Gasteiger charge is -2.15. The number of aromatic nitrogens is 2. The number of hydrogen-bond donors (Lipinski definition) is 1. The topological polar surface area (TPSA) is 65.4 Å². The summed E-state index contributed by atoms with van der Waals surface area (Å²) in [5.41, 5.74) is 0.597. The lowest BCUT2D eigenvalue weighted by molar-refractivity contribution is -0.115. The highest BCUT2D eigenvalue weighted by atomic mass is 32.2. The van der Waals surface area contributed by atoms with E-state index in [-0.39, 0.29) is 11.2 Å². The Bertz CT molecular complexity index is 728. The van der Waals surface area contributed by atoms with Crippen LogP contribution in [-0.4, -0.2) is 34.9 Å². The van der Waals surface area contributed by atoms with Crippen LogP contribution < -0.4 is 14.8 Å². The van der Waals surface area contributed by atoms with Gasteiger partial charge in [-0.3, -0.25) is 4.79 Å². The predicted molar refractivity (Wildman–Crippen MR) is 94.0 cm³/mol. The molecule has 0 aliphatic heterocycles. The van der Waals surface area contributed by atoms with E-state index in [1.54, 1.807) is 38.6 Å². The van der Waals surface area contributed by atoms with Crippen LogP contribution in [0.5, 0.6) is 11.5 Å². The van der Waals surface area contributed by atoms with Crippen molar-refractivity contribution in [3.8, 4) is 11.5 Å². The molecular weight excluding hydrogens is 326 g/mol. The molecule has 1 fully saturated rings. The summed E-state index contributed by atoms with van der Waals surface area (Å²) in [7, 11) is 3.16. The van der Waals surface area contributed by atoms with Crippen molar-refractivity contribution < 1.29 is 14.3 Å². The number of hydrogen-bond acceptors (Lipinski definition) is 5. The molecule has 1 aliphatic rings. The Morgan fingerprint density at radius 3 is 2.83 bits per heavy atom. The zero-order valence-corrected chi connectivity index (χ0v) is 14.8. The van der Waals surface area contributed by atoms with Gasteiger partial charge in [-0.05, 0) is 31.9 Å². The minimum Gasteiger partial charge on any atom is -0.497 e. The summed E-state index contributed by atoms with van der Waals surface area (Å²) in [4.78, 5) is 16.9. The number of imidazole rings is 1. The quantitative estimate of drug-likeness (QED) is 0.778. The summed E-state index contributed by atoms with van der Waals surface area (Å²) in [5, 5.41) is 3.52. The Morgan fingerprint density at radius 2 is 2.17 bits per heavy atom. The molecule has 0 saturated heterocycles. The maximum atomic E-state index is 12.5. The lowest BCUT2D eigenvalue weighted by Crippen LogP contribution is -2.23. The smallest absolute Gasteiger partial charge is 0.237 e. The molecule has 2 aromatic rings. The Hall–Kier alpha value is -2.15. The van der Waals surface area contributed by atoms with Crippen LogP contribution >= 0.6 is 11.8 Å². The van der Waals surface area contributed by atoms with Crippen LogP contribution in [0.3, 0.4) is 0 Å². The molecule has 1 saturated carbocycles. The molecular formula is C17H21N3O3S. The van der Waals surface area contributed by atoms with E-state index in [0.717, 1.165) is 5.16 Å². The van der Waals surface area contributed by atoms with E-state index < -0.39 is 0 Å². The number of carbonyl (C=O) groups excluding carboxylic acids is 1. The molecule has 1 aliphatic carbocycles. The molecule has 128 valence electrons. The number of ether oxygens (including phenoxy) is 2. The van der Waals surface area contributed by atoms with Crippen LogP contribution in [-0.2, 0) is 4.79 Å². The Balaban J connectivity index is 1.68. The van der Waals surface area contributed by atoms with Gasteiger partial charge in [0, 0.05) is 24.5 Å². The first-order valence-electron chi connectivity index (χ1n) is 7.84. The highest BCUT2D eigenvalue weighted by Crippen LogP contribution is 2.38. The van der Waals surface area contributed by atoms with Gasteiger partial charge in [-0.25, -0.2) is 4.98 Å². The van der Waals surface area contributed by atoms with Gasteiger partial charge in [-0.2, -0.15) is 0 Å². The number of nitrogens with zero attached hydrogens (tertiary/aromatic N) is 2. The summed E-state index contributed by atoms with van der Waals surface area (Å²) in [6, 6.07) is 5.86. The molecule has 0 spiro atoms. The molecule has 1 unspecified atom stereocenters. The fourth-order valence-corrected chi connectivity index (χ4v) is 3.31. The number of carbonyl (C=O) groups is 1. The molecule has 7 heteroatoms. The van der Waals surface area contributed by atoms with Crippen LogP contribution in [0.4, 0.5) is 5.69 Å². The molecule has 1 heterocycles. The minimum absolute atomic E-state index is 0.100. The average molecular weight is 347 g/mol. The Labute approximate surface area is 145 Å². The van der Waals surface area contributed by atoms with Gasteiger partial charge in [0.15, 0.2) is 5.16 Å². The molecule has 24 heavy (non-hydrogen) atoms. The van der Waals surface area contributed by atoms with E-state index in [9.17, 15) is 4.79 Å². The monoisotopic (exact) mass is 347 g/mol. The van der Waals surface area contributed by atoms with Gasteiger partial charge in [0.1, 0.15) is 11.5 Å². The summed E-state index contributed by atoms with van der Waals surface area (Å²) in [6.07, 6.45) is 6.14. The first kappa shape index (κ1) is 16.7. The first-order valence-corrected chi connectivity index (χ1v) is 8.72. The third-order valence-electron chi connectivity index (χ3n) is 3.89. The predicted octanol–water partition coefficient (Wildman–Crippen LogP) is 3.35. The highest BCUT2D eigenvalue weighted by Gasteiger charge is 2.27. The molecule has 3 rings (SSSR count). The summed E-state index contributed by atoms with van der Waals surface area (Å²) in [5.74, 6) is 1.16. The van der Waals surface area contributed by atoms with Crippen molar-refractivity contribution in [2.24, 2.45) is 0 Å². The molecule has 1 aromatic carbocycles. The SMILES string of the molecule is COc1ccc(OC)c(NC(=O)C(C)Sc2nccn2C2CC2)c1. The van der Waals surface area contributed by atoms with Crippen molar-refractivity contribution in [2.75, 3.05) is 19.5 Å². The summed E-state index contributed by atoms with van der Waals surface area (Å²) >= 11 is 1.46. The Morgan fingerprint density at radius 1 is 1.38 bits per heavy atom. The fourth-order valence-electron chi connectivity index (χ4n) is 2.38. The number of benzene rings is 1. The van der Waals surface area contributed by atoms with E-state index in [4.69, 9.17) is 9.47 Å². The van der Waals surface area contributed by atoms with Crippen molar-refractivity contribution >= 4 is 23.4 Å². The lowest BCUT2D eigenvalue weighted by atomic mass is 10.2. The maximum absolute atomic E-state index is 12.5. The zero-order chi connectivity index (χ0) is 17.1. The Kier molecular flexibility index (Phi) is 4.99. The molecule has 1 aromatic heterocycles. The number of nitrogens with one attached hydrogen (secondary N) is 1. The van der Waals surface area contributed by atoms with E-state index in [2.05, 4.69) is 14.9 Å². The van der Waals surface area contributed by atoms with Crippen LogP contribution in [0.15, 0.2) is 35.7 Å². The molecule has 0 radical (unpaired) electrons. The van der Waals surface area contributed by atoms with Crippen molar-refractivity contribution in [2.45, 2.75) is 36.2 Å². The van der Waals surface area contributed by atoms with Gasteiger partial charge in [-0.15, -0.1) is 0 Å². The van der Waals surface area contributed by atoms with E-state index >= 15 is 0 Å². The number of thioether (sulfide) groups is 1. The van der Waals surface area contributed by atoms with Crippen molar-refractivity contribution in [1.82, 2.24) is 9.55 Å². The van der Waals surface area contributed by atoms with Crippen molar-refractivity contribution in [3.05, 3.63) is 30.6 Å². The number of rotatable bonds is 7. The second-order valence-corrected chi connectivity index (χ2v) is 6.97. The normalized spacial score (nSPS) is 15.0. The third-order valence-corrected chi connectivity index (χ3v) is 4.98. The van der Waals surface area contributed by atoms with Crippen molar-refractivity contribution in [1.29, 1.82) is 0 Å². The zero-order valence-electron chi connectivity index (χ0n) is 14.0. The molecule has 6 nitrogen and oxygen atoms in total. The minimum atomic E-state index is -0.277. The van der Waals surface area contributed by atoms with Gasteiger partial charge in [0.05, 0.1) is 25.2 Å². The van der Waals surface area contributed by atoms with E-state index in [1.807, 2.05) is 13.1 Å². The third kappa shape index (κ3) is 3.67. The second kappa shape index (κ2) is 7.17. The van der Waals surface area contributed by atoms with Gasteiger partial charge >= 0.3 is 0 Å². The molecule has 1 atom stereocenters. The van der Waals surface area contributed by atoms with Crippen LogP contribution in [0, 0.1) is 0 Å². The molecule has 0 bridgehead atoms. The second-order valence-electron chi connectivity index (χ2n) is 5.66. The van der Waals surface area contributed by atoms with Crippen LogP contribution in [0.25, 0.3) is 0 Å². The largest absolute Gasteiger partial charge is 0.497 e. The fraction of sp³-hybridized carbons (Fsp3) is 0.412. The van der Waals surface area contributed by atoms with Gasteiger partial charge in [0.25, 0.3) is 0 Å². The summed E-state index contributed by atoms with van der Waals surface area (Å²) < 4.78 is 12.7. The van der Waals surface area contributed by atoms with Crippen LogP contribution in [0.2, 0.25) is 0 Å². The van der Waals surface area contributed by atoms with Gasteiger partial charge in [-0.1, -0.05) is 11.8 Å². The maximum Gasteiger partial charge on any atom is 0.237 e. The van der Waals surface area contributed by atoms with E-state index in [0.29, 0.717) is 23.2 Å². The first-order chi connectivity index (χ1) is 11.6. The summed E-state index contributed by atoms with van der Waals surface area (Å²) in [6.45, 7) is 1.87. The standard InChI is InChI=1S/C17H21N3O3S/c1-11(24-17-18-8-9-20(17)12-4-5-12)16(21)19-14-10-13(22-2)6-7-15(14)23-3/h6-12H,4-5H2,1-3H3,(H,19,21). The van der Waals surface area contributed by atoms with E-state index in [1.165, 1.54) is 24.6 Å². The highest BCUT2D eigenvalue weighted by molar-refractivity contribution is 8.00.